The van der Waals surface area contributed by atoms with Crippen molar-refractivity contribution in [1.29, 1.82) is 0 Å². The van der Waals surface area contributed by atoms with Gasteiger partial charge in [-0.1, -0.05) is 12.1 Å². The Morgan fingerprint density at radius 2 is 2.05 bits per heavy atom. The molecule has 1 N–H and O–H groups in total. The Morgan fingerprint density at radius 3 is 2.68 bits per heavy atom. The Labute approximate surface area is 114 Å². The first-order chi connectivity index (χ1) is 9.33. The van der Waals surface area contributed by atoms with Crippen LogP contribution in [0.5, 0.6) is 0 Å². The van der Waals surface area contributed by atoms with E-state index in [0.717, 1.165) is 49.7 Å². The standard InChI is InChI=1S/C14H24N4O/c1-2-14-16-13(17-19-14)10-18-7-5-11(6-8-18)9-15-12-3-4-12/h11-12,15H,2-10H2,1H3. The molecule has 5 heteroatoms. The van der Waals surface area contributed by atoms with Crippen molar-refractivity contribution in [1.82, 2.24) is 20.4 Å². The molecule has 3 rings (SSSR count). The van der Waals surface area contributed by atoms with E-state index < -0.39 is 0 Å². The molecule has 1 saturated carbocycles. The van der Waals surface area contributed by atoms with E-state index in [9.17, 15) is 0 Å². The largest absolute Gasteiger partial charge is 0.339 e. The average molecular weight is 264 g/mol. The van der Waals surface area contributed by atoms with Crippen molar-refractivity contribution in [2.45, 2.75) is 51.6 Å². The van der Waals surface area contributed by atoms with Crippen molar-refractivity contribution in [2.24, 2.45) is 5.92 Å². The van der Waals surface area contributed by atoms with Gasteiger partial charge in [0, 0.05) is 12.5 Å². The first-order valence-electron chi connectivity index (χ1n) is 7.60. The zero-order valence-electron chi connectivity index (χ0n) is 11.8. The summed E-state index contributed by atoms with van der Waals surface area (Å²) in [5, 5.41) is 7.67. The molecule has 2 heterocycles. The molecule has 1 saturated heterocycles. The molecule has 1 aromatic rings. The van der Waals surface area contributed by atoms with Crippen LogP contribution in [0.15, 0.2) is 4.52 Å². The third kappa shape index (κ3) is 3.76. The van der Waals surface area contributed by atoms with Gasteiger partial charge in [-0.15, -0.1) is 0 Å². The van der Waals surface area contributed by atoms with Crippen LogP contribution in [-0.2, 0) is 13.0 Å². The summed E-state index contributed by atoms with van der Waals surface area (Å²) in [5.74, 6) is 2.44. The molecule has 106 valence electrons. The van der Waals surface area contributed by atoms with Crippen molar-refractivity contribution in [3.8, 4) is 0 Å². The fraction of sp³-hybridized carbons (Fsp3) is 0.857. The van der Waals surface area contributed by atoms with Gasteiger partial charge in [0.25, 0.3) is 0 Å². The first-order valence-corrected chi connectivity index (χ1v) is 7.60. The lowest BCUT2D eigenvalue weighted by Gasteiger charge is -2.31. The molecule has 0 atom stereocenters. The fourth-order valence-electron chi connectivity index (χ4n) is 2.67. The van der Waals surface area contributed by atoms with E-state index in [-0.39, 0.29) is 0 Å². The van der Waals surface area contributed by atoms with Crippen molar-refractivity contribution >= 4 is 0 Å². The summed E-state index contributed by atoms with van der Waals surface area (Å²) in [4.78, 5) is 6.82. The normalized spacial score (nSPS) is 21.9. The summed E-state index contributed by atoms with van der Waals surface area (Å²) in [5.41, 5.74) is 0. The van der Waals surface area contributed by atoms with Crippen LogP contribution in [0.3, 0.4) is 0 Å². The van der Waals surface area contributed by atoms with Crippen LogP contribution < -0.4 is 5.32 Å². The minimum atomic E-state index is 0.749. The maximum Gasteiger partial charge on any atom is 0.226 e. The second kappa shape index (κ2) is 6.01. The van der Waals surface area contributed by atoms with Gasteiger partial charge in [-0.2, -0.15) is 4.98 Å². The van der Waals surface area contributed by atoms with Gasteiger partial charge in [0.1, 0.15) is 0 Å². The number of aromatic nitrogens is 2. The lowest BCUT2D eigenvalue weighted by molar-refractivity contribution is 0.170. The summed E-state index contributed by atoms with van der Waals surface area (Å²) in [7, 11) is 0. The molecule has 0 radical (unpaired) electrons. The van der Waals surface area contributed by atoms with Gasteiger partial charge in [-0.05, 0) is 51.2 Å². The minimum absolute atomic E-state index is 0.749. The monoisotopic (exact) mass is 264 g/mol. The highest BCUT2D eigenvalue weighted by Gasteiger charge is 2.24. The van der Waals surface area contributed by atoms with E-state index in [0.29, 0.717) is 0 Å². The molecule has 0 unspecified atom stereocenters. The number of nitrogens with one attached hydrogen (secondary N) is 1. The molecule has 1 aliphatic carbocycles. The van der Waals surface area contributed by atoms with Crippen molar-refractivity contribution in [3.63, 3.8) is 0 Å². The van der Waals surface area contributed by atoms with Crippen LogP contribution in [0.25, 0.3) is 0 Å². The van der Waals surface area contributed by atoms with Gasteiger partial charge in [0.2, 0.25) is 5.89 Å². The van der Waals surface area contributed by atoms with Gasteiger partial charge in [0.05, 0.1) is 6.54 Å². The molecule has 1 aliphatic heterocycles. The molecule has 1 aromatic heterocycles. The van der Waals surface area contributed by atoms with E-state index in [1.54, 1.807) is 0 Å². The highest BCUT2D eigenvalue weighted by Crippen LogP contribution is 2.22. The maximum atomic E-state index is 5.15. The van der Waals surface area contributed by atoms with Crippen LogP contribution in [0.1, 0.15) is 44.3 Å². The van der Waals surface area contributed by atoms with Crippen LogP contribution in [0.2, 0.25) is 0 Å². The van der Waals surface area contributed by atoms with Gasteiger partial charge in [0.15, 0.2) is 5.82 Å². The van der Waals surface area contributed by atoms with Crippen molar-refractivity contribution < 1.29 is 4.52 Å². The highest BCUT2D eigenvalue weighted by molar-refractivity contribution is 4.88. The quantitative estimate of drug-likeness (QED) is 0.845. The maximum absolute atomic E-state index is 5.15. The van der Waals surface area contributed by atoms with E-state index in [4.69, 9.17) is 4.52 Å². The summed E-state index contributed by atoms with van der Waals surface area (Å²) in [6.07, 6.45) is 6.17. The predicted molar refractivity (Wildman–Crippen MR) is 72.7 cm³/mol. The zero-order valence-corrected chi connectivity index (χ0v) is 11.8. The van der Waals surface area contributed by atoms with Gasteiger partial charge < -0.3 is 9.84 Å². The molecule has 0 bridgehead atoms. The van der Waals surface area contributed by atoms with Gasteiger partial charge >= 0.3 is 0 Å². The SMILES string of the molecule is CCc1nc(CN2CCC(CNC3CC3)CC2)no1. The lowest BCUT2D eigenvalue weighted by Crippen LogP contribution is -2.37. The molecule has 5 nitrogen and oxygen atoms in total. The number of nitrogens with zero attached hydrogens (tertiary/aromatic N) is 3. The average Bonchev–Trinajstić information content (AvgIpc) is 3.17. The van der Waals surface area contributed by atoms with E-state index in [1.165, 1.54) is 32.2 Å². The van der Waals surface area contributed by atoms with Gasteiger partial charge in [-0.25, -0.2) is 0 Å². The molecule has 2 fully saturated rings. The van der Waals surface area contributed by atoms with Gasteiger partial charge in [-0.3, -0.25) is 4.90 Å². The molecule has 0 amide bonds. The number of piperidine rings is 1. The highest BCUT2D eigenvalue weighted by atomic mass is 16.5. The molecule has 0 spiro atoms. The number of rotatable bonds is 6. The lowest BCUT2D eigenvalue weighted by atomic mass is 9.97. The Morgan fingerprint density at radius 1 is 1.26 bits per heavy atom. The smallest absolute Gasteiger partial charge is 0.226 e. The summed E-state index contributed by atoms with van der Waals surface area (Å²) < 4.78 is 5.15. The Kier molecular flexibility index (Phi) is 4.13. The predicted octanol–water partition coefficient (Wildman–Crippen LogP) is 1.60. The van der Waals surface area contributed by atoms with Crippen LogP contribution in [0, 0.1) is 5.92 Å². The van der Waals surface area contributed by atoms with Crippen molar-refractivity contribution in [2.75, 3.05) is 19.6 Å². The number of hydrogen-bond donors (Lipinski definition) is 1. The molecule has 0 aromatic carbocycles. The van der Waals surface area contributed by atoms with Crippen LogP contribution in [0.4, 0.5) is 0 Å². The number of likely N-dealkylation sites (tertiary alicyclic amines) is 1. The first kappa shape index (κ1) is 13.1. The van der Waals surface area contributed by atoms with Crippen LogP contribution in [-0.4, -0.2) is 40.7 Å². The Balaban J connectivity index is 1.39. The third-order valence-electron chi connectivity index (χ3n) is 4.16. The summed E-state index contributed by atoms with van der Waals surface area (Å²) in [6, 6.07) is 0.838. The van der Waals surface area contributed by atoms with E-state index >= 15 is 0 Å². The molecule has 19 heavy (non-hydrogen) atoms. The van der Waals surface area contributed by atoms with Crippen LogP contribution >= 0.6 is 0 Å². The Bertz CT molecular complexity index is 394. The minimum Gasteiger partial charge on any atom is -0.339 e. The molecular formula is C14H24N4O. The number of hydrogen-bond acceptors (Lipinski definition) is 5. The second-order valence-corrected chi connectivity index (χ2v) is 5.86. The summed E-state index contributed by atoms with van der Waals surface area (Å²) >= 11 is 0. The van der Waals surface area contributed by atoms with Crippen molar-refractivity contribution in [3.05, 3.63) is 11.7 Å². The summed E-state index contributed by atoms with van der Waals surface area (Å²) in [6.45, 7) is 6.41. The zero-order chi connectivity index (χ0) is 13.1. The Hall–Kier alpha value is -0.940. The van der Waals surface area contributed by atoms with E-state index in [1.807, 2.05) is 6.92 Å². The number of aryl methyl sites for hydroxylation is 1. The molecule has 2 aliphatic rings. The van der Waals surface area contributed by atoms with E-state index in [2.05, 4.69) is 20.4 Å². The molecular weight excluding hydrogens is 240 g/mol. The third-order valence-corrected chi connectivity index (χ3v) is 4.16. The second-order valence-electron chi connectivity index (χ2n) is 5.86. The topological polar surface area (TPSA) is 54.2 Å². The fourth-order valence-corrected chi connectivity index (χ4v) is 2.67.